The maximum Gasteiger partial charge on any atom is 0.276 e. The van der Waals surface area contributed by atoms with Crippen LogP contribution >= 0.6 is 0 Å². The van der Waals surface area contributed by atoms with Crippen molar-refractivity contribution in [1.82, 2.24) is 25.2 Å². The van der Waals surface area contributed by atoms with Crippen LogP contribution in [0.3, 0.4) is 0 Å². The van der Waals surface area contributed by atoms with Crippen molar-refractivity contribution >= 4 is 22.6 Å². The minimum Gasteiger partial charge on any atom is -0.356 e. The Labute approximate surface area is 169 Å². The Kier molecular flexibility index (Phi) is 5.55. The first-order valence-electron chi connectivity index (χ1n) is 10.0. The molecule has 7 nitrogen and oxygen atoms in total. The van der Waals surface area contributed by atoms with E-state index < -0.39 is 0 Å². The van der Waals surface area contributed by atoms with Crippen molar-refractivity contribution in [2.75, 3.05) is 19.6 Å². The average molecular weight is 391 g/mol. The molecule has 1 aliphatic heterocycles. The fourth-order valence-corrected chi connectivity index (χ4v) is 3.94. The van der Waals surface area contributed by atoms with Crippen molar-refractivity contribution in [2.24, 2.45) is 5.92 Å². The minimum atomic E-state index is -0.0957. The number of rotatable bonds is 5. The Morgan fingerprint density at radius 1 is 1.17 bits per heavy atom. The summed E-state index contributed by atoms with van der Waals surface area (Å²) in [4.78, 5) is 25.9. The molecule has 0 aliphatic carbocycles. The zero-order valence-electron chi connectivity index (χ0n) is 16.5. The van der Waals surface area contributed by atoms with Gasteiger partial charge in [0.1, 0.15) is 0 Å². The van der Waals surface area contributed by atoms with Crippen LogP contribution in [0.1, 0.15) is 35.8 Å². The first-order valence-corrected chi connectivity index (χ1v) is 10.0. The second kappa shape index (κ2) is 8.43. The van der Waals surface area contributed by atoms with Crippen molar-refractivity contribution in [3.8, 4) is 0 Å². The molecule has 0 spiro atoms. The quantitative estimate of drug-likeness (QED) is 0.725. The Balaban J connectivity index is 1.44. The first kappa shape index (κ1) is 19.1. The third-order valence-corrected chi connectivity index (χ3v) is 5.42. The van der Waals surface area contributed by atoms with E-state index >= 15 is 0 Å². The van der Waals surface area contributed by atoms with Gasteiger partial charge in [-0.2, -0.15) is 0 Å². The van der Waals surface area contributed by atoms with Crippen molar-refractivity contribution in [3.05, 3.63) is 59.9 Å². The van der Waals surface area contributed by atoms with Crippen molar-refractivity contribution in [3.63, 3.8) is 0 Å². The van der Waals surface area contributed by atoms with E-state index in [1.165, 1.54) is 17.7 Å². The summed E-state index contributed by atoms with van der Waals surface area (Å²) in [7, 11) is 0. The lowest BCUT2D eigenvalue weighted by molar-refractivity contribution is -0.119. The Hall–Kier alpha value is -3.22. The van der Waals surface area contributed by atoms with E-state index in [1.54, 1.807) is 10.9 Å². The number of fused-ring (bicyclic) bond motifs is 1. The fraction of sp³-hybridized carbons (Fsp3) is 0.364. The lowest BCUT2D eigenvalue weighted by Crippen LogP contribution is -2.43. The van der Waals surface area contributed by atoms with Gasteiger partial charge in [-0.15, -0.1) is 5.10 Å². The normalized spacial score (nSPS) is 16.7. The van der Waals surface area contributed by atoms with E-state index in [0.717, 1.165) is 18.4 Å². The molecule has 1 saturated heterocycles. The SMILES string of the molecule is CC(=O)NC[C@@H]1CCCN(C(=O)c2cn(Cc3cccc4ccccc34)nn2)C1. The molecular formula is C22H25N5O2. The zero-order valence-corrected chi connectivity index (χ0v) is 16.5. The summed E-state index contributed by atoms with van der Waals surface area (Å²) in [6.07, 6.45) is 3.67. The van der Waals surface area contributed by atoms with Gasteiger partial charge in [-0.1, -0.05) is 47.7 Å². The maximum atomic E-state index is 12.9. The molecule has 7 heteroatoms. The molecule has 1 fully saturated rings. The van der Waals surface area contributed by atoms with Gasteiger partial charge in [0, 0.05) is 26.6 Å². The van der Waals surface area contributed by atoms with Crippen molar-refractivity contribution in [1.29, 1.82) is 0 Å². The molecule has 0 saturated carbocycles. The summed E-state index contributed by atoms with van der Waals surface area (Å²) < 4.78 is 1.72. The van der Waals surface area contributed by atoms with Crippen molar-refractivity contribution in [2.45, 2.75) is 26.3 Å². The standard InChI is InChI=1S/C22H25N5O2/c1-16(28)23-12-17-6-5-11-26(13-17)22(29)21-15-27(25-24-21)14-19-9-4-8-18-7-2-3-10-20(18)19/h2-4,7-10,15,17H,5-6,11-14H2,1H3,(H,23,28)/t17-/m0/s1. The number of likely N-dealkylation sites (tertiary alicyclic amines) is 1. The number of nitrogens with one attached hydrogen (secondary N) is 1. The van der Waals surface area contributed by atoms with Gasteiger partial charge in [0.25, 0.3) is 5.91 Å². The fourth-order valence-electron chi connectivity index (χ4n) is 3.94. The summed E-state index contributed by atoms with van der Waals surface area (Å²) in [5, 5.41) is 13.5. The molecule has 1 N–H and O–H groups in total. The van der Waals surface area contributed by atoms with Gasteiger partial charge in [0.2, 0.25) is 5.91 Å². The van der Waals surface area contributed by atoms with Gasteiger partial charge >= 0.3 is 0 Å². The van der Waals surface area contributed by atoms with Crippen LogP contribution in [-0.2, 0) is 11.3 Å². The van der Waals surface area contributed by atoms with Crippen LogP contribution in [0.4, 0.5) is 0 Å². The van der Waals surface area contributed by atoms with Gasteiger partial charge in [-0.05, 0) is 35.1 Å². The number of carbonyl (C=O) groups is 2. The minimum absolute atomic E-state index is 0.0372. The number of hydrogen-bond acceptors (Lipinski definition) is 4. The van der Waals surface area contributed by atoms with Crippen LogP contribution in [0.5, 0.6) is 0 Å². The first-order chi connectivity index (χ1) is 14.1. The van der Waals surface area contributed by atoms with Crippen LogP contribution in [0.15, 0.2) is 48.7 Å². The number of piperidine rings is 1. The second-order valence-electron chi connectivity index (χ2n) is 7.64. The molecule has 0 unspecified atom stereocenters. The van der Waals surface area contributed by atoms with Gasteiger partial charge < -0.3 is 10.2 Å². The van der Waals surface area contributed by atoms with E-state index in [1.807, 2.05) is 23.1 Å². The Morgan fingerprint density at radius 3 is 2.86 bits per heavy atom. The second-order valence-corrected chi connectivity index (χ2v) is 7.64. The monoisotopic (exact) mass is 391 g/mol. The van der Waals surface area contributed by atoms with Gasteiger partial charge in [-0.25, -0.2) is 4.68 Å². The lowest BCUT2D eigenvalue weighted by atomic mass is 9.97. The van der Waals surface area contributed by atoms with E-state index in [0.29, 0.717) is 31.9 Å². The molecular weight excluding hydrogens is 366 g/mol. The molecule has 1 atom stereocenters. The maximum absolute atomic E-state index is 12.9. The molecule has 3 aromatic rings. The largest absolute Gasteiger partial charge is 0.356 e. The van der Waals surface area contributed by atoms with E-state index in [-0.39, 0.29) is 17.7 Å². The topological polar surface area (TPSA) is 80.1 Å². The number of nitrogens with zero attached hydrogens (tertiary/aromatic N) is 4. The highest BCUT2D eigenvalue weighted by atomic mass is 16.2. The van der Waals surface area contributed by atoms with Gasteiger partial charge in [-0.3, -0.25) is 9.59 Å². The molecule has 1 aromatic heterocycles. The van der Waals surface area contributed by atoms with Crippen LogP contribution in [0, 0.1) is 5.92 Å². The smallest absolute Gasteiger partial charge is 0.276 e. The third kappa shape index (κ3) is 4.45. The lowest BCUT2D eigenvalue weighted by Gasteiger charge is -2.32. The van der Waals surface area contributed by atoms with Gasteiger partial charge in [0.05, 0.1) is 12.7 Å². The van der Waals surface area contributed by atoms with Crippen LogP contribution in [-0.4, -0.2) is 51.3 Å². The molecule has 0 radical (unpaired) electrons. The van der Waals surface area contributed by atoms with Crippen molar-refractivity contribution < 1.29 is 9.59 Å². The summed E-state index contributed by atoms with van der Waals surface area (Å²) in [6, 6.07) is 14.4. The Morgan fingerprint density at radius 2 is 2.00 bits per heavy atom. The van der Waals surface area contributed by atoms with Crippen LogP contribution in [0.2, 0.25) is 0 Å². The number of amides is 2. The molecule has 2 amide bonds. The number of aromatic nitrogens is 3. The number of benzene rings is 2. The summed E-state index contributed by atoms with van der Waals surface area (Å²) >= 11 is 0. The number of hydrogen-bond donors (Lipinski definition) is 1. The highest BCUT2D eigenvalue weighted by Crippen LogP contribution is 2.20. The predicted octanol–water partition coefficient (Wildman–Crippen LogP) is 2.47. The molecule has 2 heterocycles. The molecule has 29 heavy (non-hydrogen) atoms. The molecule has 0 bridgehead atoms. The molecule has 2 aromatic carbocycles. The van der Waals surface area contributed by atoms with E-state index in [9.17, 15) is 9.59 Å². The van der Waals surface area contributed by atoms with Gasteiger partial charge in [0.15, 0.2) is 5.69 Å². The third-order valence-electron chi connectivity index (χ3n) is 5.42. The highest BCUT2D eigenvalue weighted by Gasteiger charge is 2.26. The average Bonchev–Trinajstić information content (AvgIpc) is 3.21. The summed E-state index contributed by atoms with van der Waals surface area (Å²) in [5.41, 5.74) is 1.51. The Bertz CT molecular complexity index is 1020. The summed E-state index contributed by atoms with van der Waals surface area (Å²) in [5.74, 6) is 0.147. The van der Waals surface area contributed by atoms with Crippen LogP contribution in [0.25, 0.3) is 10.8 Å². The molecule has 150 valence electrons. The van der Waals surface area contributed by atoms with E-state index in [2.05, 4.69) is 39.9 Å². The van der Waals surface area contributed by atoms with Crippen LogP contribution < -0.4 is 5.32 Å². The number of carbonyl (C=O) groups excluding carboxylic acids is 2. The van der Waals surface area contributed by atoms with E-state index in [4.69, 9.17) is 0 Å². The predicted molar refractivity (Wildman–Crippen MR) is 110 cm³/mol. The summed E-state index contributed by atoms with van der Waals surface area (Å²) in [6.45, 7) is 4.03. The highest BCUT2D eigenvalue weighted by molar-refractivity contribution is 5.92. The zero-order chi connectivity index (χ0) is 20.2. The molecule has 1 aliphatic rings. The molecule has 4 rings (SSSR count).